The number of hydrogen-bond acceptors (Lipinski definition) is 7. The number of amides is 1. The summed E-state index contributed by atoms with van der Waals surface area (Å²) in [6, 6.07) is 11.3. The smallest absolute Gasteiger partial charge is 0.266 e. The van der Waals surface area contributed by atoms with Crippen molar-refractivity contribution in [2.45, 2.75) is 6.42 Å². The van der Waals surface area contributed by atoms with E-state index in [9.17, 15) is 4.79 Å². The molecule has 1 aliphatic heterocycles. The number of hydrogen-bond donors (Lipinski definition) is 0. The molecule has 1 heterocycles. The van der Waals surface area contributed by atoms with Crippen LogP contribution in [0.1, 0.15) is 11.1 Å². The highest BCUT2D eigenvalue weighted by molar-refractivity contribution is 8.26. The molecule has 1 amide bonds. The van der Waals surface area contributed by atoms with Gasteiger partial charge < -0.3 is 18.9 Å². The van der Waals surface area contributed by atoms with E-state index in [1.165, 1.54) is 11.8 Å². The quantitative estimate of drug-likeness (QED) is 0.447. The van der Waals surface area contributed by atoms with Gasteiger partial charge in [0.15, 0.2) is 23.0 Å². The van der Waals surface area contributed by atoms with E-state index in [4.69, 9.17) is 31.2 Å². The highest BCUT2D eigenvalue weighted by Gasteiger charge is 2.32. The third-order valence-corrected chi connectivity index (χ3v) is 6.04. The normalized spacial score (nSPS) is 14.9. The highest BCUT2D eigenvalue weighted by Crippen LogP contribution is 2.37. The number of methoxy groups -OCH3 is 4. The van der Waals surface area contributed by atoms with Crippen molar-refractivity contribution >= 4 is 40.3 Å². The summed E-state index contributed by atoms with van der Waals surface area (Å²) >= 11 is 6.74. The number of para-hydroxylation sites is 1. The van der Waals surface area contributed by atoms with Crippen LogP contribution >= 0.6 is 24.0 Å². The number of ether oxygens (including phenoxy) is 4. The molecular formula is C22H23NO5S2. The summed E-state index contributed by atoms with van der Waals surface area (Å²) in [5.74, 6) is 2.40. The van der Waals surface area contributed by atoms with Crippen LogP contribution in [0.4, 0.5) is 0 Å². The lowest BCUT2D eigenvalue weighted by atomic mass is 10.1. The Morgan fingerprint density at radius 3 is 2.37 bits per heavy atom. The first-order chi connectivity index (χ1) is 14.5. The maximum Gasteiger partial charge on any atom is 0.266 e. The number of carbonyl (C=O) groups is 1. The van der Waals surface area contributed by atoms with Crippen LogP contribution in [0.25, 0.3) is 6.08 Å². The van der Waals surface area contributed by atoms with E-state index >= 15 is 0 Å². The molecule has 0 radical (unpaired) electrons. The van der Waals surface area contributed by atoms with Gasteiger partial charge in [0.25, 0.3) is 5.91 Å². The van der Waals surface area contributed by atoms with Gasteiger partial charge in [-0.25, -0.2) is 0 Å². The third kappa shape index (κ3) is 4.55. The van der Waals surface area contributed by atoms with Gasteiger partial charge in [0.1, 0.15) is 4.32 Å². The number of thiocarbonyl (C=S) groups is 1. The molecule has 1 fully saturated rings. The molecule has 158 valence electrons. The van der Waals surface area contributed by atoms with Gasteiger partial charge in [0, 0.05) is 12.1 Å². The van der Waals surface area contributed by atoms with Crippen LogP contribution in [0.5, 0.6) is 23.0 Å². The Morgan fingerprint density at radius 2 is 1.70 bits per heavy atom. The summed E-state index contributed by atoms with van der Waals surface area (Å²) in [6.45, 7) is 0.479. The summed E-state index contributed by atoms with van der Waals surface area (Å²) in [7, 11) is 6.35. The first-order valence-corrected chi connectivity index (χ1v) is 10.4. The topological polar surface area (TPSA) is 57.2 Å². The largest absolute Gasteiger partial charge is 0.493 e. The van der Waals surface area contributed by atoms with E-state index < -0.39 is 0 Å². The zero-order chi connectivity index (χ0) is 21.7. The molecule has 1 aliphatic rings. The fourth-order valence-electron chi connectivity index (χ4n) is 3.14. The lowest BCUT2D eigenvalue weighted by Crippen LogP contribution is -2.30. The second-order valence-corrected chi connectivity index (χ2v) is 8.03. The number of thioether (sulfide) groups is 1. The van der Waals surface area contributed by atoms with Gasteiger partial charge in [-0.05, 0) is 36.3 Å². The third-order valence-electron chi connectivity index (χ3n) is 4.67. The molecule has 0 atom stereocenters. The van der Waals surface area contributed by atoms with E-state index in [2.05, 4.69) is 0 Å². The number of rotatable bonds is 8. The van der Waals surface area contributed by atoms with Crippen molar-refractivity contribution in [1.29, 1.82) is 0 Å². The first kappa shape index (κ1) is 22.0. The van der Waals surface area contributed by atoms with E-state index in [0.717, 1.165) is 11.1 Å². The molecule has 0 aromatic heterocycles. The molecule has 2 aromatic rings. The fourth-order valence-corrected chi connectivity index (χ4v) is 4.44. The maximum absolute atomic E-state index is 13.0. The zero-order valence-corrected chi connectivity index (χ0v) is 18.9. The molecular weight excluding hydrogens is 422 g/mol. The van der Waals surface area contributed by atoms with Crippen LogP contribution < -0.4 is 18.9 Å². The Hall–Kier alpha value is -2.71. The average molecular weight is 446 g/mol. The standard InChI is InChI=1S/C22H23NO5S2/c1-25-16-9-8-14(12-18(16)27-3)10-11-23-21(24)19(30-22(23)29)13-15-6-5-7-17(26-2)20(15)28-4/h5-9,12-13H,10-11H2,1-4H3/b19-13-. The van der Waals surface area contributed by atoms with Crippen LogP contribution in [0.2, 0.25) is 0 Å². The highest BCUT2D eigenvalue weighted by atomic mass is 32.2. The van der Waals surface area contributed by atoms with Crippen molar-refractivity contribution < 1.29 is 23.7 Å². The van der Waals surface area contributed by atoms with E-state index in [1.54, 1.807) is 39.4 Å². The van der Waals surface area contributed by atoms with Crippen LogP contribution in [0.3, 0.4) is 0 Å². The van der Waals surface area contributed by atoms with Gasteiger partial charge >= 0.3 is 0 Å². The van der Waals surface area contributed by atoms with E-state index in [0.29, 0.717) is 45.2 Å². The van der Waals surface area contributed by atoms with Crippen LogP contribution in [0, 0.1) is 0 Å². The van der Waals surface area contributed by atoms with Crippen molar-refractivity contribution in [3.63, 3.8) is 0 Å². The zero-order valence-electron chi connectivity index (χ0n) is 17.3. The predicted molar refractivity (Wildman–Crippen MR) is 123 cm³/mol. The molecule has 8 heteroatoms. The van der Waals surface area contributed by atoms with Gasteiger partial charge in [-0.3, -0.25) is 9.69 Å². The molecule has 0 bridgehead atoms. The number of benzene rings is 2. The van der Waals surface area contributed by atoms with Crippen molar-refractivity contribution in [1.82, 2.24) is 4.90 Å². The molecule has 30 heavy (non-hydrogen) atoms. The van der Waals surface area contributed by atoms with Crippen LogP contribution in [-0.2, 0) is 11.2 Å². The monoisotopic (exact) mass is 445 g/mol. The first-order valence-electron chi connectivity index (χ1n) is 9.19. The molecule has 3 rings (SSSR count). The molecule has 0 unspecified atom stereocenters. The Balaban J connectivity index is 1.76. The average Bonchev–Trinajstić information content (AvgIpc) is 3.03. The predicted octanol–water partition coefficient (Wildman–Crippen LogP) is 4.16. The summed E-state index contributed by atoms with van der Waals surface area (Å²) < 4.78 is 21.9. The molecule has 0 saturated carbocycles. The minimum Gasteiger partial charge on any atom is -0.493 e. The lowest BCUT2D eigenvalue weighted by molar-refractivity contribution is -0.122. The fraction of sp³-hybridized carbons (Fsp3) is 0.273. The number of nitrogens with zero attached hydrogens (tertiary/aromatic N) is 1. The summed E-state index contributed by atoms with van der Waals surface area (Å²) in [6.07, 6.45) is 2.43. The van der Waals surface area contributed by atoms with E-state index in [-0.39, 0.29) is 5.91 Å². The molecule has 0 aliphatic carbocycles. The van der Waals surface area contributed by atoms with E-state index in [1.807, 2.05) is 36.4 Å². The van der Waals surface area contributed by atoms with Crippen molar-refractivity contribution in [3.8, 4) is 23.0 Å². The van der Waals surface area contributed by atoms with Crippen LogP contribution in [0.15, 0.2) is 41.3 Å². The van der Waals surface area contributed by atoms with Crippen molar-refractivity contribution in [3.05, 3.63) is 52.4 Å². The van der Waals surface area contributed by atoms with Crippen molar-refractivity contribution in [2.24, 2.45) is 0 Å². The SMILES string of the molecule is COc1ccc(CCN2C(=O)/C(=C/c3cccc(OC)c3OC)SC2=S)cc1OC. The Kier molecular flexibility index (Phi) is 7.23. The Labute approximate surface area is 185 Å². The Bertz CT molecular complexity index is 989. The Morgan fingerprint density at radius 1 is 0.967 bits per heavy atom. The molecule has 1 saturated heterocycles. The number of carbonyl (C=O) groups excluding carboxylic acids is 1. The van der Waals surface area contributed by atoms with Gasteiger partial charge in [-0.1, -0.05) is 42.2 Å². The minimum atomic E-state index is -0.115. The lowest BCUT2D eigenvalue weighted by Gasteiger charge is -2.15. The molecule has 0 spiro atoms. The van der Waals surface area contributed by atoms with Gasteiger partial charge in [0.2, 0.25) is 0 Å². The van der Waals surface area contributed by atoms with Crippen LogP contribution in [-0.4, -0.2) is 50.1 Å². The summed E-state index contributed by atoms with van der Waals surface area (Å²) in [4.78, 5) is 15.1. The second-order valence-electron chi connectivity index (χ2n) is 6.36. The summed E-state index contributed by atoms with van der Waals surface area (Å²) in [5, 5.41) is 0. The van der Waals surface area contributed by atoms with Gasteiger partial charge in [-0.2, -0.15) is 0 Å². The second kappa shape index (κ2) is 9.86. The molecule has 2 aromatic carbocycles. The maximum atomic E-state index is 13.0. The van der Waals surface area contributed by atoms with Crippen molar-refractivity contribution in [2.75, 3.05) is 35.0 Å². The summed E-state index contributed by atoms with van der Waals surface area (Å²) in [5.41, 5.74) is 1.79. The minimum absolute atomic E-state index is 0.115. The van der Waals surface area contributed by atoms with Gasteiger partial charge in [-0.15, -0.1) is 0 Å². The molecule has 0 N–H and O–H groups in total. The molecule has 6 nitrogen and oxygen atoms in total. The van der Waals surface area contributed by atoms with Gasteiger partial charge in [0.05, 0.1) is 33.3 Å².